The van der Waals surface area contributed by atoms with Crippen LogP contribution in [0.1, 0.15) is 0 Å². The van der Waals surface area contributed by atoms with E-state index in [4.69, 9.17) is 18.9 Å². The molecule has 3 amide bonds. The Morgan fingerprint density at radius 1 is 0.311 bits per heavy atom. The Labute approximate surface area is 685 Å². The molecule has 5 rings (SSSR count). The third-order valence-corrected chi connectivity index (χ3v) is 21.3. The molecule has 5 aliphatic heterocycles. The molecule has 0 spiro atoms. The highest BCUT2D eigenvalue weighted by Crippen LogP contribution is 2.29. The summed E-state index contributed by atoms with van der Waals surface area (Å²) in [6.07, 6.45) is -15.3. The Bertz CT molecular complexity index is 3090. The highest BCUT2D eigenvalue weighted by Gasteiger charge is 2.49. The number of aliphatic carboxylic acids is 9. The van der Waals surface area contributed by atoms with Crippen LogP contribution in [0.15, 0.2) is 0 Å². The number of hydrogen-bond acceptors (Lipinski definition) is 37. The van der Waals surface area contributed by atoms with Crippen molar-refractivity contribution in [3.05, 3.63) is 0 Å². The summed E-state index contributed by atoms with van der Waals surface area (Å²) < 4.78 is 24.6. The fourth-order valence-electron chi connectivity index (χ4n) is 14.8. The maximum atomic E-state index is 14.7. The van der Waals surface area contributed by atoms with Gasteiger partial charge in [-0.05, 0) is 0 Å². The van der Waals surface area contributed by atoms with E-state index in [9.17, 15) is 149 Å². The van der Waals surface area contributed by atoms with E-state index in [2.05, 4.69) is 16.0 Å². The second-order valence-electron chi connectivity index (χ2n) is 30.3. The Balaban J connectivity index is 1.42. The molecular weight excluding hydrogens is 1590 g/mol. The normalized spacial score (nSPS) is 26.4. The molecule has 0 saturated carbocycles. The first-order valence-corrected chi connectivity index (χ1v) is 39.3. The van der Waals surface area contributed by atoms with Crippen molar-refractivity contribution in [3.63, 3.8) is 0 Å². The van der Waals surface area contributed by atoms with Gasteiger partial charge in [0.25, 0.3) is 0 Å². The van der Waals surface area contributed by atoms with Crippen molar-refractivity contribution in [2.45, 2.75) is 73.1 Å². The summed E-state index contributed by atoms with van der Waals surface area (Å²) >= 11 is 0. The van der Waals surface area contributed by atoms with E-state index in [-0.39, 0.29) is 157 Å². The van der Waals surface area contributed by atoms with Crippen molar-refractivity contribution in [2.24, 2.45) is 11.8 Å². The molecule has 0 aromatic heterocycles. The molecule has 49 heteroatoms. The fourth-order valence-corrected chi connectivity index (χ4v) is 14.8. The van der Waals surface area contributed by atoms with Crippen molar-refractivity contribution in [2.75, 3.05) is 288 Å². The van der Waals surface area contributed by atoms with E-state index < -0.39 is 288 Å². The Morgan fingerprint density at radius 2 is 0.563 bits per heavy atom. The van der Waals surface area contributed by atoms with Crippen molar-refractivity contribution in [1.82, 2.24) is 74.7 Å². The maximum absolute atomic E-state index is 14.7. The molecule has 682 valence electrons. The first-order valence-electron chi connectivity index (χ1n) is 39.3. The second-order valence-corrected chi connectivity index (χ2v) is 30.3. The first-order chi connectivity index (χ1) is 56.5. The van der Waals surface area contributed by atoms with E-state index >= 15 is 0 Å². The van der Waals surface area contributed by atoms with Crippen LogP contribution in [0, 0.1) is 11.8 Å². The van der Waals surface area contributed by atoms with Gasteiger partial charge in [0.1, 0.15) is 30.5 Å². The van der Waals surface area contributed by atoms with Crippen LogP contribution in [0.3, 0.4) is 0 Å². The van der Waals surface area contributed by atoms with Crippen LogP contribution in [0.5, 0.6) is 0 Å². The maximum Gasteiger partial charge on any atom is 0.317 e. The van der Waals surface area contributed by atoms with Gasteiger partial charge in [0.15, 0.2) is 0 Å². The lowest BCUT2D eigenvalue weighted by Gasteiger charge is -2.45. The van der Waals surface area contributed by atoms with Gasteiger partial charge < -0.3 is 127 Å². The number of carboxylic acids is 9. The third kappa shape index (κ3) is 38.3. The monoisotopic (exact) mass is 1720 g/mol. The largest absolute Gasteiger partial charge is 0.480 e. The quantitative estimate of drug-likeness (QED) is 0.0270. The summed E-state index contributed by atoms with van der Waals surface area (Å²) in [5.74, 6) is -16.2. The average Bonchev–Trinajstić information content (AvgIpc) is 0.810. The van der Waals surface area contributed by atoms with E-state index in [1.54, 1.807) is 19.6 Å². The predicted octanol–water partition coefficient (Wildman–Crippen LogP) is -14.6. The van der Waals surface area contributed by atoms with Crippen molar-refractivity contribution < 1.29 is 168 Å². The Hall–Kier alpha value is -7.36. The molecule has 5 fully saturated rings. The molecule has 119 heavy (non-hydrogen) atoms. The summed E-state index contributed by atoms with van der Waals surface area (Å²) in [5.41, 5.74) is 0. The molecule has 0 bridgehead atoms. The number of nitrogens with one attached hydrogen (secondary N) is 3. The fraction of sp³-hybridized carbons (Fsp3) is 0.829. The van der Waals surface area contributed by atoms with Gasteiger partial charge in [0.2, 0.25) is 17.7 Å². The van der Waals surface area contributed by atoms with Gasteiger partial charge in [0, 0.05) is 169 Å². The molecule has 5 aliphatic rings. The van der Waals surface area contributed by atoms with Gasteiger partial charge in [-0.2, -0.15) is 0 Å². The lowest BCUT2D eigenvalue weighted by atomic mass is 9.85. The molecule has 0 aromatic carbocycles. The minimum Gasteiger partial charge on any atom is -0.480 e. The summed E-state index contributed by atoms with van der Waals surface area (Å²) in [7, 11) is 0. The summed E-state index contributed by atoms with van der Waals surface area (Å²) in [5, 5.41) is 197. The average molecular weight is 1720 g/mol. The Kier molecular flexibility index (Phi) is 46.0. The molecular formula is C70H123N15O34. The van der Waals surface area contributed by atoms with Crippen LogP contribution in [-0.2, 0) is 76.5 Å². The number of aliphatic hydroxyl groups is 9. The first kappa shape index (κ1) is 102. The molecule has 14 atom stereocenters. The van der Waals surface area contributed by atoms with E-state index in [1.807, 2.05) is 0 Å². The SMILES string of the molecule is O=C(O)CN1CCN(CC(=O)O)CCN(CC(=O)NC(CO)C(O)C(COCC2OC(CO)C(COCC3OC(CO)C(O)C(O)C3NC(=O)CN3CCN(CC(=O)O)CCN(CC(=O)O)CCN(CC(=O)O)CC3)C(O)C2NC(=O)CN2CCN(CC(=O)O)CCN(CC(=O)O)CCN(CC(=O)O)CC2)C(O)CO)CCN(CC(=O)O)CC1. The van der Waals surface area contributed by atoms with Crippen LogP contribution in [-0.4, -0.2) is 584 Å². The molecule has 21 N–H and O–H groups in total. The molecule has 14 unspecified atom stereocenters. The van der Waals surface area contributed by atoms with Crippen LogP contribution in [0.4, 0.5) is 0 Å². The summed E-state index contributed by atoms with van der Waals surface area (Å²) in [6.45, 7) is -11.4. The molecule has 0 radical (unpaired) electrons. The minimum absolute atomic E-state index is 0.0000464. The van der Waals surface area contributed by atoms with E-state index in [1.165, 1.54) is 39.2 Å². The zero-order valence-corrected chi connectivity index (χ0v) is 66.6. The third-order valence-electron chi connectivity index (χ3n) is 21.3. The predicted molar refractivity (Wildman–Crippen MR) is 406 cm³/mol. The minimum atomic E-state index is -1.96. The van der Waals surface area contributed by atoms with Gasteiger partial charge in [0.05, 0.1) is 174 Å². The molecule has 0 aliphatic carbocycles. The summed E-state index contributed by atoms with van der Waals surface area (Å²) in [6, 6.07) is -4.77. The molecule has 49 nitrogen and oxygen atoms in total. The number of amides is 3. The van der Waals surface area contributed by atoms with E-state index in [0.717, 1.165) is 0 Å². The van der Waals surface area contributed by atoms with Crippen LogP contribution >= 0.6 is 0 Å². The van der Waals surface area contributed by atoms with Gasteiger partial charge in [-0.15, -0.1) is 0 Å². The molecule has 5 heterocycles. The molecule has 0 aromatic rings. The second kappa shape index (κ2) is 53.5. The zero-order chi connectivity index (χ0) is 88.0. The number of carbonyl (C=O) groups is 12. The van der Waals surface area contributed by atoms with Crippen molar-refractivity contribution in [1.29, 1.82) is 0 Å². The highest BCUT2D eigenvalue weighted by molar-refractivity contribution is 5.80. The standard InChI is InChI=1S/C70H123N15O34/c86-37-47(71-53(91)25-74-1-7-77(28-56(94)95)13-19-83(34-62(106)107)20-14-78(8-2-74)29-57(96)97)67(112)45(48(90)38-87)41-116-43-51-65(72-54(92)26-75-3-9-79(30-58(98)99)15-21-84(35-63(108)109)22-16-80(10-4-75)31-59(100)101)68(113)46(49(39-88)118-51)42-117-44-52-66(70(115)69(114)50(40-89)119-52)73-55(93)27-76-5-11-81(32-60(102)103)17-23-85(36-64(110)111)24-18-82(12-6-76)33-61(104)105/h45-52,65-70,86-90,112-115H,1-44H2,(H,71,91)(H,72,92)(H,73,93)(H,94,95)(H,96,97)(H,98,99)(H,100,101)(H,102,103)(H,104,105)(H,106,107)(H,108,109)(H,110,111). The lowest BCUT2D eigenvalue weighted by Crippen LogP contribution is -2.66. The Morgan fingerprint density at radius 3 is 0.824 bits per heavy atom. The van der Waals surface area contributed by atoms with Crippen molar-refractivity contribution >= 4 is 71.4 Å². The van der Waals surface area contributed by atoms with Crippen LogP contribution < -0.4 is 16.0 Å². The number of carbonyl (C=O) groups excluding carboxylic acids is 3. The van der Waals surface area contributed by atoms with E-state index in [0.29, 0.717) is 0 Å². The lowest BCUT2D eigenvalue weighted by molar-refractivity contribution is -0.217. The number of nitrogens with zero attached hydrogens (tertiary/aromatic N) is 12. The number of rotatable bonds is 42. The highest BCUT2D eigenvalue weighted by atomic mass is 16.6. The molecule has 5 saturated heterocycles. The van der Waals surface area contributed by atoms with Gasteiger partial charge in [-0.1, -0.05) is 0 Å². The van der Waals surface area contributed by atoms with Gasteiger partial charge in [-0.25, -0.2) is 0 Å². The topological polar surface area (TPSA) is 681 Å². The number of carboxylic acid groups (broad SMARTS) is 9. The number of hydrogen-bond donors (Lipinski definition) is 21. The smallest absolute Gasteiger partial charge is 0.317 e. The van der Waals surface area contributed by atoms with Crippen molar-refractivity contribution in [3.8, 4) is 0 Å². The summed E-state index contributed by atoms with van der Waals surface area (Å²) in [4.78, 5) is 169. The van der Waals surface area contributed by atoms with Gasteiger partial charge >= 0.3 is 53.7 Å². The number of aliphatic hydroxyl groups excluding tert-OH is 9. The van der Waals surface area contributed by atoms with Crippen LogP contribution in [0.2, 0.25) is 0 Å². The number of ether oxygens (including phenoxy) is 4. The van der Waals surface area contributed by atoms with Crippen LogP contribution in [0.25, 0.3) is 0 Å². The zero-order valence-electron chi connectivity index (χ0n) is 66.6. The van der Waals surface area contributed by atoms with Gasteiger partial charge in [-0.3, -0.25) is 116 Å².